The molecule has 0 aromatic heterocycles. The number of hydrogen-bond acceptors (Lipinski definition) is 6. The number of nitrogens with one attached hydrogen (secondary N) is 3. The molecule has 0 bridgehead atoms. The summed E-state index contributed by atoms with van der Waals surface area (Å²) in [6.45, 7) is 6.62. The maximum Gasteiger partial charge on any atom is 0.326 e. The fourth-order valence-corrected chi connectivity index (χ4v) is 2.55. The molecule has 0 aromatic rings. The first kappa shape index (κ1) is 26.3. The van der Waals surface area contributed by atoms with Crippen LogP contribution in [0.3, 0.4) is 0 Å². The second-order valence-electron chi connectivity index (χ2n) is 7.08. The van der Waals surface area contributed by atoms with Gasteiger partial charge in [0.2, 0.25) is 23.6 Å². The number of aliphatic carboxylic acids is 1. The van der Waals surface area contributed by atoms with Crippen LogP contribution in [-0.2, 0) is 24.0 Å². The Bertz CT molecular complexity index is 612. The monoisotopic (exact) mass is 415 g/mol. The number of primary amides is 1. The van der Waals surface area contributed by atoms with E-state index in [1.807, 2.05) is 0 Å². The summed E-state index contributed by atoms with van der Waals surface area (Å²) < 4.78 is 0. The maximum atomic E-state index is 12.7. The molecule has 29 heavy (non-hydrogen) atoms. The molecule has 0 aromatic carbocycles. The van der Waals surface area contributed by atoms with E-state index in [0.29, 0.717) is 12.8 Å². The Morgan fingerprint density at radius 3 is 1.76 bits per heavy atom. The maximum absolute atomic E-state index is 12.7. The third-order valence-corrected chi connectivity index (χ3v) is 4.81. The van der Waals surface area contributed by atoms with E-state index in [2.05, 4.69) is 16.0 Å². The quantitative estimate of drug-likeness (QED) is 0.209. The summed E-state index contributed by atoms with van der Waals surface area (Å²) in [5.74, 6) is -4.79. The summed E-state index contributed by atoms with van der Waals surface area (Å²) in [5.41, 5.74) is 10.3. The fraction of sp³-hybridized carbons (Fsp3) is 0.722. The molecule has 4 amide bonds. The van der Waals surface area contributed by atoms with Gasteiger partial charge in [0.1, 0.15) is 18.1 Å². The second kappa shape index (κ2) is 12.7. The minimum atomic E-state index is -1.30. The van der Waals surface area contributed by atoms with Gasteiger partial charge in [-0.25, -0.2) is 4.79 Å². The van der Waals surface area contributed by atoms with Crippen LogP contribution in [0.15, 0.2) is 0 Å². The number of hydrogen-bond donors (Lipinski definition) is 6. The van der Waals surface area contributed by atoms with Crippen molar-refractivity contribution in [1.29, 1.82) is 0 Å². The standard InChI is InChI=1S/C18H33N5O6/c1-5-9(3)14(17(27)23-15(18(28)29)10(4)6-2)22-16(26)11(7-12(20)24)21-13(25)8-19/h9-11,14-15H,5-8,19H2,1-4H3,(H2,20,24)(H,21,25)(H,22,26)(H,23,27)(H,28,29). The van der Waals surface area contributed by atoms with Gasteiger partial charge >= 0.3 is 5.97 Å². The van der Waals surface area contributed by atoms with Crippen molar-refractivity contribution < 1.29 is 29.1 Å². The average Bonchev–Trinajstić information content (AvgIpc) is 2.67. The van der Waals surface area contributed by atoms with Gasteiger partial charge in [-0.1, -0.05) is 40.5 Å². The first-order valence-electron chi connectivity index (χ1n) is 9.59. The van der Waals surface area contributed by atoms with Crippen LogP contribution in [-0.4, -0.2) is 59.4 Å². The lowest BCUT2D eigenvalue weighted by Gasteiger charge is -2.28. The molecule has 0 saturated heterocycles. The number of rotatable bonds is 13. The number of carboxylic acids is 1. The largest absolute Gasteiger partial charge is 0.480 e. The topological polar surface area (TPSA) is 194 Å². The van der Waals surface area contributed by atoms with Crippen LogP contribution in [0.5, 0.6) is 0 Å². The van der Waals surface area contributed by atoms with Crippen LogP contribution in [0.1, 0.15) is 47.0 Å². The zero-order valence-corrected chi connectivity index (χ0v) is 17.4. The van der Waals surface area contributed by atoms with E-state index < -0.39 is 60.7 Å². The molecule has 166 valence electrons. The van der Waals surface area contributed by atoms with Gasteiger partial charge in [-0.2, -0.15) is 0 Å². The average molecular weight is 415 g/mol. The molecule has 8 N–H and O–H groups in total. The summed E-state index contributed by atoms with van der Waals surface area (Å²) in [6.07, 6.45) is 0.565. The fourth-order valence-electron chi connectivity index (χ4n) is 2.55. The van der Waals surface area contributed by atoms with Crippen LogP contribution in [0, 0.1) is 11.8 Å². The van der Waals surface area contributed by atoms with Gasteiger partial charge in [0.05, 0.1) is 13.0 Å². The van der Waals surface area contributed by atoms with Crippen molar-refractivity contribution in [3.05, 3.63) is 0 Å². The molecule has 0 fully saturated rings. The van der Waals surface area contributed by atoms with Crippen LogP contribution in [0.25, 0.3) is 0 Å². The summed E-state index contributed by atoms with van der Waals surface area (Å²) >= 11 is 0. The Labute approximate surface area is 170 Å². The zero-order chi connectivity index (χ0) is 22.7. The van der Waals surface area contributed by atoms with Gasteiger partial charge in [-0.3, -0.25) is 19.2 Å². The van der Waals surface area contributed by atoms with E-state index in [9.17, 15) is 29.1 Å². The van der Waals surface area contributed by atoms with E-state index in [4.69, 9.17) is 11.5 Å². The second-order valence-corrected chi connectivity index (χ2v) is 7.08. The molecular weight excluding hydrogens is 382 g/mol. The molecule has 0 aliphatic carbocycles. The lowest BCUT2D eigenvalue weighted by Crippen LogP contribution is -2.59. The highest BCUT2D eigenvalue weighted by Gasteiger charge is 2.33. The van der Waals surface area contributed by atoms with Crippen LogP contribution < -0.4 is 27.4 Å². The Morgan fingerprint density at radius 1 is 0.862 bits per heavy atom. The Kier molecular flexibility index (Phi) is 11.5. The number of carbonyl (C=O) groups is 5. The predicted octanol–water partition coefficient (Wildman–Crippen LogP) is -1.55. The van der Waals surface area contributed by atoms with E-state index in [1.165, 1.54) is 0 Å². The summed E-state index contributed by atoms with van der Waals surface area (Å²) in [6, 6.07) is -3.48. The smallest absolute Gasteiger partial charge is 0.326 e. The van der Waals surface area contributed by atoms with Crippen molar-refractivity contribution in [2.75, 3.05) is 6.54 Å². The van der Waals surface area contributed by atoms with Gasteiger partial charge in [0.15, 0.2) is 0 Å². The molecule has 0 aliphatic heterocycles. The van der Waals surface area contributed by atoms with Crippen LogP contribution >= 0.6 is 0 Å². The highest BCUT2D eigenvalue weighted by Crippen LogP contribution is 2.12. The molecule has 11 heteroatoms. The number of carbonyl (C=O) groups excluding carboxylic acids is 4. The number of amides is 4. The first-order valence-corrected chi connectivity index (χ1v) is 9.59. The number of carboxylic acid groups (broad SMARTS) is 1. The molecule has 0 saturated carbocycles. The molecule has 5 unspecified atom stereocenters. The van der Waals surface area contributed by atoms with Gasteiger partial charge in [-0.05, 0) is 11.8 Å². The van der Waals surface area contributed by atoms with Crippen molar-refractivity contribution in [1.82, 2.24) is 16.0 Å². The van der Waals surface area contributed by atoms with Crippen molar-refractivity contribution in [3.63, 3.8) is 0 Å². The Hall–Kier alpha value is -2.69. The minimum Gasteiger partial charge on any atom is -0.480 e. The lowest BCUT2D eigenvalue weighted by molar-refractivity contribution is -0.144. The zero-order valence-electron chi connectivity index (χ0n) is 17.4. The third-order valence-electron chi connectivity index (χ3n) is 4.81. The van der Waals surface area contributed by atoms with E-state index >= 15 is 0 Å². The molecule has 0 rings (SSSR count). The summed E-state index contributed by atoms with van der Waals surface area (Å²) in [4.78, 5) is 59.6. The first-order chi connectivity index (χ1) is 13.5. The van der Waals surface area contributed by atoms with Crippen molar-refractivity contribution >= 4 is 29.6 Å². The minimum absolute atomic E-state index is 0.323. The van der Waals surface area contributed by atoms with Crippen molar-refractivity contribution in [2.45, 2.75) is 65.1 Å². The highest BCUT2D eigenvalue weighted by molar-refractivity contribution is 5.95. The van der Waals surface area contributed by atoms with E-state index in [-0.39, 0.29) is 11.8 Å². The molecule has 11 nitrogen and oxygen atoms in total. The van der Waals surface area contributed by atoms with Crippen LogP contribution in [0.2, 0.25) is 0 Å². The normalized spacial score (nSPS) is 15.9. The number of nitrogens with two attached hydrogens (primary N) is 2. The van der Waals surface area contributed by atoms with Gasteiger partial charge in [-0.15, -0.1) is 0 Å². The predicted molar refractivity (Wildman–Crippen MR) is 105 cm³/mol. The third kappa shape index (κ3) is 8.90. The SMILES string of the molecule is CCC(C)C(NC(=O)C(NC(=O)C(CC(N)=O)NC(=O)CN)C(C)CC)C(=O)O. The van der Waals surface area contributed by atoms with Crippen molar-refractivity contribution in [2.24, 2.45) is 23.3 Å². The van der Waals surface area contributed by atoms with Gasteiger partial charge in [0, 0.05) is 0 Å². The molecule has 0 spiro atoms. The molecule has 0 radical (unpaired) electrons. The van der Waals surface area contributed by atoms with E-state index in [1.54, 1.807) is 27.7 Å². The van der Waals surface area contributed by atoms with Gasteiger partial charge in [0.25, 0.3) is 0 Å². The molecule has 5 atom stereocenters. The molecular formula is C18H33N5O6. The van der Waals surface area contributed by atoms with E-state index in [0.717, 1.165) is 0 Å². The highest BCUT2D eigenvalue weighted by atomic mass is 16.4. The van der Waals surface area contributed by atoms with Crippen molar-refractivity contribution in [3.8, 4) is 0 Å². The molecule has 0 aliphatic rings. The van der Waals surface area contributed by atoms with Gasteiger partial charge < -0.3 is 32.5 Å². The lowest BCUT2D eigenvalue weighted by atomic mass is 9.95. The summed E-state index contributed by atoms with van der Waals surface area (Å²) in [7, 11) is 0. The Morgan fingerprint density at radius 2 is 1.34 bits per heavy atom. The van der Waals surface area contributed by atoms with Crippen LogP contribution in [0.4, 0.5) is 0 Å². The molecule has 0 heterocycles. The Balaban J connectivity index is 5.50. The summed E-state index contributed by atoms with van der Waals surface area (Å²) in [5, 5.41) is 16.6.